The fourth-order valence-electron chi connectivity index (χ4n) is 1.66. The van der Waals surface area contributed by atoms with Crippen molar-refractivity contribution in [1.29, 1.82) is 0 Å². The highest BCUT2D eigenvalue weighted by atomic mass is 79.9. The molecule has 0 spiro atoms. The topological polar surface area (TPSA) is 55.1 Å². The van der Waals surface area contributed by atoms with Gasteiger partial charge in [0.1, 0.15) is 11.6 Å². The SMILES string of the molecule is Cc1ccc(Br)c(NC(=O)c2cc(N)c(F)cc2F)c1. The molecule has 0 saturated heterocycles. The Kier molecular flexibility index (Phi) is 4.04. The first-order chi connectivity index (χ1) is 9.38. The van der Waals surface area contributed by atoms with E-state index >= 15 is 0 Å². The summed E-state index contributed by atoms with van der Waals surface area (Å²) in [5.41, 5.74) is 6.19. The first-order valence-electron chi connectivity index (χ1n) is 5.70. The molecule has 20 heavy (non-hydrogen) atoms. The van der Waals surface area contributed by atoms with E-state index in [2.05, 4.69) is 21.2 Å². The average Bonchev–Trinajstić information content (AvgIpc) is 2.38. The van der Waals surface area contributed by atoms with E-state index in [4.69, 9.17) is 5.73 Å². The number of nitrogens with one attached hydrogen (secondary N) is 1. The molecule has 0 unspecified atom stereocenters. The van der Waals surface area contributed by atoms with Crippen LogP contribution in [0.5, 0.6) is 0 Å². The van der Waals surface area contributed by atoms with Gasteiger partial charge < -0.3 is 11.1 Å². The van der Waals surface area contributed by atoms with E-state index in [9.17, 15) is 13.6 Å². The predicted octanol–water partition coefficient (Wildman–Crippen LogP) is 3.87. The molecule has 2 rings (SSSR count). The normalized spacial score (nSPS) is 10.4. The summed E-state index contributed by atoms with van der Waals surface area (Å²) in [6, 6.07) is 6.92. The van der Waals surface area contributed by atoms with Crippen LogP contribution in [0.2, 0.25) is 0 Å². The summed E-state index contributed by atoms with van der Waals surface area (Å²) in [5, 5.41) is 2.55. The lowest BCUT2D eigenvalue weighted by Gasteiger charge is -2.10. The van der Waals surface area contributed by atoms with Crippen LogP contribution < -0.4 is 11.1 Å². The van der Waals surface area contributed by atoms with E-state index in [1.54, 1.807) is 12.1 Å². The van der Waals surface area contributed by atoms with Gasteiger partial charge >= 0.3 is 0 Å². The molecule has 3 N–H and O–H groups in total. The van der Waals surface area contributed by atoms with Crippen molar-refractivity contribution in [3.63, 3.8) is 0 Å². The minimum absolute atomic E-state index is 0.278. The number of aryl methyl sites for hydroxylation is 1. The lowest BCUT2D eigenvalue weighted by atomic mass is 10.1. The highest BCUT2D eigenvalue weighted by molar-refractivity contribution is 9.10. The first kappa shape index (κ1) is 14.5. The van der Waals surface area contributed by atoms with Crippen LogP contribution in [0.4, 0.5) is 20.2 Å². The number of anilines is 2. The fourth-order valence-corrected chi connectivity index (χ4v) is 2.01. The summed E-state index contributed by atoms with van der Waals surface area (Å²) in [6.45, 7) is 1.86. The van der Waals surface area contributed by atoms with Gasteiger partial charge in [-0.1, -0.05) is 6.07 Å². The van der Waals surface area contributed by atoms with Gasteiger partial charge in [-0.2, -0.15) is 0 Å². The molecule has 3 nitrogen and oxygen atoms in total. The second kappa shape index (κ2) is 5.58. The third-order valence-corrected chi connectivity index (χ3v) is 3.39. The number of benzene rings is 2. The van der Waals surface area contributed by atoms with Gasteiger partial charge in [0.15, 0.2) is 0 Å². The molecular weight excluding hydrogens is 330 g/mol. The number of hydrogen-bond acceptors (Lipinski definition) is 2. The molecule has 0 bridgehead atoms. The third kappa shape index (κ3) is 2.96. The number of carbonyl (C=O) groups excluding carboxylic acids is 1. The molecule has 0 fully saturated rings. The zero-order valence-corrected chi connectivity index (χ0v) is 12.1. The minimum Gasteiger partial charge on any atom is -0.396 e. The summed E-state index contributed by atoms with van der Waals surface area (Å²) in [5.74, 6) is -2.55. The van der Waals surface area contributed by atoms with Gasteiger partial charge in [0.05, 0.1) is 16.9 Å². The van der Waals surface area contributed by atoms with Crippen LogP contribution in [0.3, 0.4) is 0 Å². The van der Waals surface area contributed by atoms with Crippen LogP contribution >= 0.6 is 15.9 Å². The molecule has 0 radical (unpaired) electrons. The predicted molar refractivity (Wildman–Crippen MR) is 77.6 cm³/mol. The Labute approximate surface area is 122 Å². The summed E-state index contributed by atoms with van der Waals surface area (Å²) in [6.07, 6.45) is 0. The third-order valence-electron chi connectivity index (χ3n) is 2.70. The molecule has 1 amide bonds. The maximum atomic E-state index is 13.6. The zero-order valence-electron chi connectivity index (χ0n) is 10.5. The Morgan fingerprint density at radius 3 is 2.60 bits per heavy atom. The molecular formula is C14H11BrF2N2O. The zero-order chi connectivity index (χ0) is 14.9. The Balaban J connectivity index is 2.33. The number of rotatable bonds is 2. The molecule has 0 heterocycles. The number of nitrogens with two attached hydrogens (primary N) is 1. The van der Waals surface area contributed by atoms with Crippen LogP contribution in [0.15, 0.2) is 34.8 Å². The van der Waals surface area contributed by atoms with Gasteiger partial charge in [0.25, 0.3) is 5.91 Å². The maximum Gasteiger partial charge on any atom is 0.258 e. The van der Waals surface area contributed by atoms with Gasteiger partial charge in [-0.05, 0) is 46.6 Å². The van der Waals surface area contributed by atoms with Crippen LogP contribution in [-0.4, -0.2) is 5.91 Å². The van der Waals surface area contributed by atoms with Crippen LogP contribution in [-0.2, 0) is 0 Å². The molecule has 0 aliphatic rings. The Bertz CT molecular complexity index is 689. The number of hydrogen-bond donors (Lipinski definition) is 2. The van der Waals surface area contributed by atoms with Gasteiger partial charge in [0, 0.05) is 10.5 Å². The summed E-state index contributed by atoms with van der Waals surface area (Å²) >= 11 is 3.28. The highest BCUT2D eigenvalue weighted by Crippen LogP contribution is 2.25. The van der Waals surface area contributed by atoms with Crippen molar-refractivity contribution < 1.29 is 13.6 Å². The van der Waals surface area contributed by atoms with Crippen LogP contribution in [0.25, 0.3) is 0 Å². The quantitative estimate of drug-likeness (QED) is 0.815. The van der Waals surface area contributed by atoms with Crippen molar-refractivity contribution in [2.45, 2.75) is 6.92 Å². The standard InChI is InChI=1S/C14H11BrF2N2O/c1-7-2-3-9(15)13(4-7)19-14(20)8-5-12(18)11(17)6-10(8)16/h2-6H,18H2,1H3,(H,19,20). The summed E-state index contributed by atoms with van der Waals surface area (Å²) in [4.78, 5) is 12.0. The van der Waals surface area contributed by atoms with Crippen molar-refractivity contribution in [2.75, 3.05) is 11.1 Å². The molecule has 2 aromatic carbocycles. The second-order valence-corrected chi connectivity index (χ2v) is 5.15. The van der Waals surface area contributed by atoms with E-state index in [1.807, 2.05) is 13.0 Å². The monoisotopic (exact) mass is 340 g/mol. The lowest BCUT2D eigenvalue weighted by Crippen LogP contribution is -2.15. The molecule has 0 aromatic heterocycles. The maximum absolute atomic E-state index is 13.6. The van der Waals surface area contributed by atoms with Crippen molar-refractivity contribution in [1.82, 2.24) is 0 Å². The summed E-state index contributed by atoms with van der Waals surface area (Å²) in [7, 11) is 0. The Morgan fingerprint density at radius 1 is 1.20 bits per heavy atom. The van der Waals surface area contributed by atoms with Gasteiger partial charge in [-0.3, -0.25) is 4.79 Å². The lowest BCUT2D eigenvalue weighted by molar-refractivity contribution is 0.102. The molecule has 2 aromatic rings. The first-order valence-corrected chi connectivity index (χ1v) is 6.50. The van der Waals surface area contributed by atoms with E-state index in [1.165, 1.54) is 0 Å². The molecule has 0 aliphatic heterocycles. The average molecular weight is 341 g/mol. The number of nitrogen functional groups attached to an aromatic ring is 1. The van der Waals surface area contributed by atoms with Crippen molar-refractivity contribution in [3.8, 4) is 0 Å². The molecule has 0 saturated carbocycles. The fraction of sp³-hybridized carbons (Fsp3) is 0.0714. The molecule has 0 atom stereocenters. The second-order valence-electron chi connectivity index (χ2n) is 4.29. The Morgan fingerprint density at radius 2 is 1.90 bits per heavy atom. The minimum atomic E-state index is -0.960. The van der Waals surface area contributed by atoms with Gasteiger partial charge in [-0.15, -0.1) is 0 Å². The van der Waals surface area contributed by atoms with Crippen LogP contribution in [0.1, 0.15) is 15.9 Å². The van der Waals surface area contributed by atoms with Gasteiger partial charge in [0.2, 0.25) is 0 Å². The smallest absolute Gasteiger partial charge is 0.258 e. The number of halogens is 3. The van der Waals surface area contributed by atoms with E-state index in [0.29, 0.717) is 16.2 Å². The summed E-state index contributed by atoms with van der Waals surface area (Å²) < 4.78 is 27.3. The van der Waals surface area contributed by atoms with Crippen LogP contribution in [0, 0.1) is 18.6 Å². The Hall–Kier alpha value is -1.95. The molecule has 104 valence electrons. The van der Waals surface area contributed by atoms with Gasteiger partial charge in [-0.25, -0.2) is 8.78 Å². The van der Waals surface area contributed by atoms with Crippen molar-refractivity contribution in [2.24, 2.45) is 0 Å². The molecule has 0 aliphatic carbocycles. The van der Waals surface area contributed by atoms with E-state index in [-0.39, 0.29) is 11.3 Å². The molecule has 6 heteroatoms. The number of amides is 1. The number of carbonyl (C=O) groups is 1. The van der Waals surface area contributed by atoms with Crippen molar-refractivity contribution >= 4 is 33.2 Å². The largest absolute Gasteiger partial charge is 0.396 e. The van der Waals surface area contributed by atoms with E-state index in [0.717, 1.165) is 11.6 Å². The highest BCUT2D eigenvalue weighted by Gasteiger charge is 2.16. The van der Waals surface area contributed by atoms with E-state index < -0.39 is 17.5 Å². The van der Waals surface area contributed by atoms with Crippen molar-refractivity contribution in [3.05, 3.63) is 57.6 Å².